The van der Waals surface area contributed by atoms with Crippen molar-refractivity contribution < 1.29 is 23.1 Å². The maximum atomic E-state index is 13.4. The Balaban J connectivity index is 1.45. The summed E-state index contributed by atoms with van der Waals surface area (Å²) in [6, 6.07) is 19.3. The van der Waals surface area contributed by atoms with Gasteiger partial charge in [0.15, 0.2) is 0 Å². The molecule has 1 heterocycles. The molecule has 3 aromatic carbocycles. The van der Waals surface area contributed by atoms with Gasteiger partial charge in [-0.1, -0.05) is 24.3 Å². The van der Waals surface area contributed by atoms with E-state index in [4.69, 9.17) is 4.74 Å². The smallest absolute Gasteiger partial charge is 0.306 e. The zero-order valence-corrected chi connectivity index (χ0v) is 20.0. The lowest BCUT2D eigenvalue weighted by atomic mass is 9.79. The Labute approximate surface area is 204 Å². The number of nitrogens with zero attached hydrogens (tertiary/aromatic N) is 1. The molecule has 1 saturated heterocycles. The summed E-state index contributed by atoms with van der Waals surface area (Å²) in [5, 5.41) is 0. The van der Waals surface area contributed by atoms with Crippen LogP contribution >= 0.6 is 22.6 Å². The minimum Gasteiger partial charge on any atom is -0.458 e. The molecule has 3 atom stereocenters. The number of amides is 1. The third-order valence-electron chi connectivity index (χ3n) is 5.84. The lowest BCUT2D eigenvalue weighted by Crippen LogP contribution is -2.55. The molecule has 1 fully saturated rings. The van der Waals surface area contributed by atoms with Gasteiger partial charge in [0.05, 0.1) is 12.0 Å². The normalized spacial score (nSPS) is 18.5. The van der Waals surface area contributed by atoms with Crippen LogP contribution in [0.3, 0.4) is 0 Å². The first kappa shape index (κ1) is 23.4. The van der Waals surface area contributed by atoms with Crippen LogP contribution in [0.15, 0.2) is 72.8 Å². The summed E-state index contributed by atoms with van der Waals surface area (Å²) in [6.45, 7) is 1.73. The van der Waals surface area contributed by atoms with Crippen LogP contribution in [0.4, 0.5) is 14.5 Å². The average molecular weight is 561 g/mol. The fraction of sp³-hybridized carbons (Fsp3) is 0.231. The van der Waals surface area contributed by atoms with Gasteiger partial charge in [-0.3, -0.25) is 9.59 Å². The molecular weight excluding hydrogens is 539 g/mol. The van der Waals surface area contributed by atoms with Crippen molar-refractivity contribution in [1.82, 2.24) is 0 Å². The molecule has 170 valence electrons. The summed E-state index contributed by atoms with van der Waals surface area (Å²) < 4.78 is 33.1. The summed E-state index contributed by atoms with van der Waals surface area (Å²) >= 11 is 2.22. The number of hydrogen-bond acceptors (Lipinski definition) is 3. The monoisotopic (exact) mass is 561 g/mol. The second kappa shape index (κ2) is 9.99. The van der Waals surface area contributed by atoms with Gasteiger partial charge in [0.1, 0.15) is 17.7 Å². The fourth-order valence-corrected chi connectivity index (χ4v) is 4.45. The van der Waals surface area contributed by atoms with E-state index in [9.17, 15) is 18.4 Å². The zero-order chi connectivity index (χ0) is 23.5. The number of benzene rings is 3. The molecule has 0 saturated carbocycles. The average Bonchev–Trinajstić information content (AvgIpc) is 2.80. The van der Waals surface area contributed by atoms with Crippen molar-refractivity contribution in [2.75, 3.05) is 4.90 Å². The number of hydrogen-bond donors (Lipinski definition) is 0. The summed E-state index contributed by atoms with van der Waals surface area (Å²) in [5.74, 6) is -1.63. The van der Waals surface area contributed by atoms with Crippen molar-refractivity contribution in [2.24, 2.45) is 5.92 Å². The van der Waals surface area contributed by atoms with E-state index in [-0.39, 0.29) is 35.9 Å². The molecule has 1 aliphatic heterocycles. The van der Waals surface area contributed by atoms with Gasteiger partial charge in [-0.25, -0.2) is 8.78 Å². The standard InChI is InChI=1S/C26H22F2INO3/c1-16(17-2-6-19(27)7-3-17)33-24(31)15-14-23-25(18-4-10-21(29)11-5-18)30(26(23)32)22-12-8-20(28)9-13-22/h2-13,16,23,25H,14-15H2,1H3/t16-,23+,25-/m0/s1. The van der Waals surface area contributed by atoms with E-state index in [0.717, 1.165) is 9.13 Å². The molecule has 0 spiro atoms. The summed E-state index contributed by atoms with van der Waals surface area (Å²) in [7, 11) is 0. The van der Waals surface area contributed by atoms with Crippen LogP contribution in [0.25, 0.3) is 0 Å². The number of anilines is 1. The molecule has 0 N–H and O–H groups in total. The zero-order valence-electron chi connectivity index (χ0n) is 17.9. The van der Waals surface area contributed by atoms with Gasteiger partial charge in [-0.15, -0.1) is 0 Å². The number of esters is 1. The highest BCUT2D eigenvalue weighted by atomic mass is 127. The maximum Gasteiger partial charge on any atom is 0.306 e. The molecule has 4 rings (SSSR count). The first-order chi connectivity index (χ1) is 15.8. The van der Waals surface area contributed by atoms with Crippen molar-refractivity contribution in [2.45, 2.75) is 31.9 Å². The third kappa shape index (κ3) is 5.24. The van der Waals surface area contributed by atoms with Crippen LogP contribution < -0.4 is 4.90 Å². The Kier molecular flexibility index (Phi) is 7.07. The largest absolute Gasteiger partial charge is 0.458 e. The summed E-state index contributed by atoms with van der Waals surface area (Å²) in [6.07, 6.45) is -0.0970. The Hall–Kier alpha value is -2.81. The minimum absolute atomic E-state index is 0.0834. The second-order valence-electron chi connectivity index (χ2n) is 8.01. The third-order valence-corrected chi connectivity index (χ3v) is 6.56. The fourth-order valence-electron chi connectivity index (χ4n) is 4.09. The van der Waals surface area contributed by atoms with E-state index in [2.05, 4.69) is 22.6 Å². The van der Waals surface area contributed by atoms with Crippen molar-refractivity contribution in [3.8, 4) is 0 Å². The van der Waals surface area contributed by atoms with Gasteiger partial charge < -0.3 is 9.64 Å². The minimum atomic E-state index is -0.516. The van der Waals surface area contributed by atoms with Crippen LogP contribution in [0.2, 0.25) is 0 Å². The molecular formula is C26H22F2INO3. The van der Waals surface area contributed by atoms with Gasteiger partial charge in [0.2, 0.25) is 5.91 Å². The van der Waals surface area contributed by atoms with E-state index in [1.54, 1.807) is 36.1 Å². The van der Waals surface area contributed by atoms with Gasteiger partial charge in [0.25, 0.3) is 0 Å². The molecule has 0 aromatic heterocycles. The van der Waals surface area contributed by atoms with Crippen molar-refractivity contribution in [3.63, 3.8) is 0 Å². The maximum absolute atomic E-state index is 13.4. The highest BCUT2D eigenvalue weighted by Crippen LogP contribution is 2.45. The van der Waals surface area contributed by atoms with Gasteiger partial charge in [-0.2, -0.15) is 0 Å². The molecule has 7 heteroatoms. The van der Waals surface area contributed by atoms with Crippen LogP contribution in [-0.2, 0) is 14.3 Å². The lowest BCUT2D eigenvalue weighted by Gasteiger charge is -2.47. The highest BCUT2D eigenvalue weighted by Gasteiger charge is 2.48. The Morgan fingerprint density at radius 1 is 0.970 bits per heavy atom. The molecule has 3 aromatic rings. The quantitative estimate of drug-likeness (QED) is 0.192. The van der Waals surface area contributed by atoms with Gasteiger partial charge in [-0.05, 0) is 95.6 Å². The number of halogens is 3. The summed E-state index contributed by atoms with van der Waals surface area (Å²) in [5.41, 5.74) is 2.27. The molecule has 4 nitrogen and oxygen atoms in total. The van der Waals surface area contributed by atoms with E-state index in [0.29, 0.717) is 17.7 Å². The summed E-state index contributed by atoms with van der Waals surface area (Å²) in [4.78, 5) is 27.1. The molecule has 0 aliphatic carbocycles. The molecule has 0 bridgehead atoms. The van der Waals surface area contributed by atoms with E-state index in [1.165, 1.54) is 24.3 Å². The molecule has 0 radical (unpaired) electrons. The molecule has 33 heavy (non-hydrogen) atoms. The van der Waals surface area contributed by atoms with Crippen LogP contribution in [0.5, 0.6) is 0 Å². The van der Waals surface area contributed by atoms with E-state index in [1.807, 2.05) is 24.3 Å². The van der Waals surface area contributed by atoms with Crippen LogP contribution in [-0.4, -0.2) is 11.9 Å². The van der Waals surface area contributed by atoms with E-state index < -0.39 is 12.1 Å². The van der Waals surface area contributed by atoms with Gasteiger partial charge in [0, 0.05) is 15.7 Å². The lowest BCUT2D eigenvalue weighted by molar-refractivity contribution is -0.149. The number of carbonyl (C=O) groups excluding carboxylic acids is 2. The predicted molar refractivity (Wildman–Crippen MR) is 129 cm³/mol. The van der Waals surface area contributed by atoms with Crippen LogP contribution in [0.1, 0.15) is 43.0 Å². The Morgan fingerprint density at radius 3 is 2.15 bits per heavy atom. The Morgan fingerprint density at radius 2 is 1.55 bits per heavy atom. The Bertz CT molecular complexity index is 1130. The highest BCUT2D eigenvalue weighted by molar-refractivity contribution is 14.1. The number of ether oxygens (including phenoxy) is 1. The first-order valence-electron chi connectivity index (χ1n) is 10.6. The van der Waals surface area contributed by atoms with Crippen LogP contribution in [0, 0.1) is 21.1 Å². The van der Waals surface area contributed by atoms with Gasteiger partial charge >= 0.3 is 5.97 Å². The van der Waals surface area contributed by atoms with Crippen molar-refractivity contribution in [1.29, 1.82) is 0 Å². The molecule has 1 aliphatic rings. The first-order valence-corrected chi connectivity index (χ1v) is 11.7. The van der Waals surface area contributed by atoms with Crippen molar-refractivity contribution in [3.05, 3.63) is 99.1 Å². The molecule has 1 amide bonds. The predicted octanol–water partition coefficient (Wildman–Crippen LogP) is 6.36. The SMILES string of the molecule is C[C@H](OC(=O)CC[C@H]1C(=O)N(c2ccc(F)cc2)[C@H]1c1ccc(I)cc1)c1ccc(F)cc1. The number of rotatable bonds is 7. The van der Waals surface area contributed by atoms with Crippen molar-refractivity contribution >= 4 is 40.2 Å². The topological polar surface area (TPSA) is 46.6 Å². The van der Waals surface area contributed by atoms with E-state index >= 15 is 0 Å². The number of β-lactam (4-membered cyclic amide) rings is 1. The number of carbonyl (C=O) groups is 2. The second-order valence-corrected chi connectivity index (χ2v) is 9.26. The molecule has 0 unspecified atom stereocenters.